The molecule has 0 aromatic heterocycles. The molecule has 1 heterocycles. The maximum absolute atomic E-state index is 13.4. The van der Waals surface area contributed by atoms with E-state index in [2.05, 4.69) is 10.6 Å². The van der Waals surface area contributed by atoms with Crippen LogP contribution in [0.15, 0.2) is 60.7 Å². The zero-order valence-corrected chi connectivity index (χ0v) is 19.1. The number of halogens is 3. The summed E-state index contributed by atoms with van der Waals surface area (Å²) in [7, 11) is 0. The van der Waals surface area contributed by atoms with Crippen LogP contribution >= 0.6 is 47.0 Å². The highest BCUT2D eigenvalue weighted by atomic mass is 35.6. The van der Waals surface area contributed by atoms with Crippen molar-refractivity contribution in [2.45, 2.75) is 15.9 Å². The van der Waals surface area contributed by atoms with E-state index >= 15 is 0 Å². The molecular formula is C21H22Cl3N3O2S. The van der Waals surface area contributed by atoms with E-state index in [0.717, 1.165) is 11.1 Å². The van der Waals surface area contributed by atoms with Crippen molar-refractivity contribution in [3.63, 3.8) is 0 Å². The minimum absolute atomic E-state index is 0.305. The van der Waals surface area contributed by atoms with Gasteiger partial charge >= 0.3 is 0 Å². The van der Waals surface area contributed by atoms with E-state index in [9.17, 15) is 4.79 Å². The van der Waals surface area contributed by atoms with Gasteiger partial charge in [0.2, 0.25) is 9.70 Å². The van der Waals surface area contributed by atoms with E-state index in [1.165, 1.54) is 0 Å². The summed E-state index contributed by atoms with van der Waals surface area (Å²) in [5.41, 5.74) is 1.67. The lowest BCUT2D eigenvalue weighted by Crippen LogP contribution is -2.59. The number of hydrogen-bond acceptors (Lipinski definition) is 3. The van der Waals surface area contributed by atoms with Crippen LogP contribution < -0.4 is 10.6 Å². The summed E-state index contributed by atoms with van der Waals surface area (Å²) in [6, 6.07) is 18.9. The number of nitrogens with one attached hydrogen (secondary N) is 2. The van der Waals surface area contributed by atoms with Gasteiger partial charge in [-0.15, -0.1) is 0 Å². The lowest BCUT2D eigenvalue weighted by Gasteiger charge is -2.34. The minimum atomic E-state index is -1.82. The fraction of sp³-hybridized carbons (Fsp3) is 0.333. The van der Waals surface area contributed by atoms with Gasteiger partial charge in [-0.3, -0.25) is 4.79 Å². The highest BCUT2D eigenvalue weighted by Crippen LogP contribution is 2.31. The zero-order chi connectivity index (χ0) is 21.6. The van der Waals surface area contributed by atoms with Crippen LogP contribution in [0.2, 0.25) is 0 Å². The van der Waals surface area contributed by atoms with Crippen molar-refractivity contribution in [2.75, 3.05) is 26.3 Å². The van der Waals surface area contributed by atoms with Gasteiger partial charge in [0.15, 0.2) is 5.11 Å². The van der Waals surface area contributed by atoms with Gasteiger partial charge in [-0.25, -0.2) is 0 Å². The Bertz CT molecular complexity index is 804. The van der Waals surface area contributed by atoms with Crippen molar-refractivity contribution < 1.29 is 9.53 Å². The summed E-state index contributed by atoms with van der Waals surface area (Å²) >= 11 is 24.0. The standard InChI is InChI=1S/C21H22Cl3N3O2S/c22-21(23,24)19(26-20(30)27-11-13-29-14-12-27)25-18(28)17(15-7-3-1-4-8-15)16-9-5-2-6-10-16/h1-10,17,19H,11-14H2,(H,25,28)(H,26,30)/t19-/m1/s1. The van der Waals surface area contributed by atoms with Crippen LogP contribution in [0.3, 0.4) is 0 Å². The van der Waals surface area contributed by atoms with Crippen LogP contribution in [-0.4, -0.2) is 52.2 Å². The van der Waals surface area contributed by atoms with Gasteiger partial charge in [-0.1, -0.05) is 95.5 Å². The van der Waals surface area contributed by atoms with Crippen LogP contribution in [-0.2, 0) is 9.53 Å². The third-order valence-corrected chi connectivity index (χ3v) is 5.74. The smallest absolute Gasteiger partial charge is 0.233 e. The molecule has 3 rings (SSSR count). The molecule has 0 bridgehead atoms. The van der Waals surface area contributed by atoms with Crippen LogP contribution in [0.1, 0.15) is 17.0 Å². The maximum atomic E-state index is 13.4. The number of hydrogen-bond donors (Lipinski definition) is 2. The normalized spacial score (nSPS) is 15.5. The quantitative estimate of drug-likeness (QED) is 0.382. The van der Waals surface area contributed by atoms with Gasteiger partial charge in [-0.05, 0) is 23.3 Å². The SMILES string of the molecule is O=C(N[C@H](NC(=S)N1CCOCC1)C(Cl)(Cl)Cl)C(c1ccccc1)c1ccccc1. The molecule has 1 amide bonds. The number of morpholine rings is 1. The summed E-state index contributed by atoms with van der Waals surface area (Å²) in [5, 5.41) is 6.22. The fourth-order valence-electron chi connectivity index (χ4n) is 3.19. The first-order valence-corrected chi connectivity index (χ1v) is 11.0. The van der Waals surface area contributed by atoms with Gasteiger partial charge in [0, 0.05) is 13.1 Å². The van der Waals surface area contributed by atoms with Gasteiger partial charge in [0.05, 0.1) is 19.1 Å². The second-order valence-electron chi connectivity index (χ2n) is 6.79. The van der Waals surface area contributed by atoms with E-state index in [1.807, 2.05) is 65.6 Å². The second kappa shape index (κ2) is 10.6. The second-order valence-corrected chi connectivity index (χ2v) is 9.54. The molecule has 2 aromatic rings. The Morgan fingerprint density at radius 1 is 0.933 bits per heavy atom. The lowest BCUT2D eigenvalue weighted by molar-refractivity contribution is -0.122. The Balaban J connectivity index is 1.81. The molecule has 0 radical (unpaired) electrons. The van der Waals surface area contributed by atoms with Crippen molar-refractivity contribution in [1.82, 2.24) is 15.5 Å². The first-order valence-electron chi connectivity index (χ1n) is 9.46. The summed E-state index contributed by atoms with van der Waals surface area (Å²) in [4.78, 5) is 15.3. The Labute approximate surface area is 196 Å². The molecule has 1 aliphatic heterocycles. The van der Waals surface area contributed by atoms with E-state index in [4.69, 9.17) is 51.8 Å². The highest BCUT2D eigenvalue weighted by molar-refractivity contribution is 7.80. The molecule has 0 aliphatic carbocycles. The highest BCUT2D eigenvalue weighted by Gasteiger charge is 2.37. The number of carbonyl (C=O) groups excluding carboxylic acids is 1. The zero-order valence-electron chi connectivity index (χ0n) is 16.1. The van der Waals surface area contributed by atoms with Gasteiger partial charge in [0.25, 0.3) is 0 Å². The number of alkyl halides is 3. The minimum Gasteiger partial charge on any atom is -0.378 e. The third kappa shape index (κ3) is 6.22. The number of ether oxygens (including phenoxy) is 1. The number of benzene rings is 2. The predicted octanol–water partition coefficient (Wildman–Crippen LogP) is 3.84. The van der Waals surface area contributed by atoms with Gasteiger partial charge < -0.3 is 20.3 Å². The average molecular weight is 487 g/mol. The Morgan fingerprint density at radius 3 is 1.90 bits per heavy atom. The number of rotatable bonds is 5. The first kappa shape index (κ1) is 23.1. The molecule has 2 N–H and O–H groups in total. The van der Waals surface area contributed by atoms with Crippen molar-refractivity contribution in [3.8, 4) is 0 Å². The molecule has 0 spiro atoms. The number of carbonyl (C=O) groups is 1. The monoisotopic (exact) mass is 485 g/mol. The van der Waals surface area contributed by atoms with Crippen LogP contribution in [0, 0.1) is 0 Å². The van der Waals surface area contributed by atoms with Crippen molar-refractivity contribution in [1.29, 1.82) is 0 Å². The van der Waals surface area contributed by atoms with E-state index < -0.39 is 15.9 Å². The van der Waals surface area contributed by atoms with Crippen LogP contribution in [0.4, 0.5) is 0 Å². The summed E-state index contributed by atoms with van der Waals surface area (Å²) in [6.45, 7) is 2.39. The first-order chi connectivity index (χ1) is 14.4. The Hall–Kier alpha value is -1.57. The molecule has 1 fully saturated rings. The topological polar surface area (TPSA) is 53.6 Å². The summed E-state index contributed by atoms with van der Waals surface area (Å²) < 4.78 is 3.52. The van der Waals surface area contributed by atoms with E-state index in [0.29, 0.717) is 31.4 Å². The van der Waals surface area contributed by atoms with Crippen LogP contribution in [0.5, 0.6) is 0 Å². The van der Waals surface area contributed by atoms with E-state index in [-0.39, 0.29) is 5.91 Å². The lowest BCUT2D eigenvalue weighted by atomic mass is 9.90. The summed E-state index contributed by atoms with van der Waals surface area (Å²) in [5.74, 6) is -0.873. The molecule has 0 unspecified atom stereocenters. The molecular weight excluding hydrogens is 465 g/mol. The van der Waals surface area contributed by atoms with Crippen molar-refractivity contribution in [2.24, 2.45) is 0 Å². The van der Waals surface area contributed by atoms with Crippen molar-refractivity contribution >= 4 is 58.0 Å². The Kier molecular flexibility index (Phi) is 8.20. The largest absolute Gasteiger partial charge is 0.378 e. The van der Waals surface area contributed by atoms with Gasteiger partial charge in [0.1, 0.15) is 6.17 Å². The maximum Gasteiger partial charge on any atom is 0.233 e. The Morgan fingerprint density at radius 2 is 1.43 bits per heavy atom. The molecule has 2 aromatic carbocycles. The predicted molar refractivity (Wildman–Crippen MR) is 125 cm³/mol. The third-order valence-electron chi connectivity index (χ3n) is 4.71. The number of amides is 1. The molecule has 5 nitrogen and oxygen atoms in total. The average Bonchev–Trinajstić information content (AvgIpc) is 2.75. The molecule has 9 heteroatoms. The molecule has 30 heavy (non-hydrogen) atoms. The number of thiocarbonyl (C=S) groups is 1. The molecule has 1 aliphatic rings. The molecule has 160 valence electrons. The number of nitrogens with zero attached hydrogens (tertiary/aromatic N) is 1. The summed E-state index contributed by atoms with van der Waals surface area (Å²) in [6.07, 6.45) is -1.01. The van der Waals surface area contributed by atoms with Crippen LogP contribution in [0.25, 0.3) is 0 Å². The van der Waals surface area contributed by atoms with E-state index in [1.54, 1.807) is 0 Å². The molecule has 1 saturated heterocycles. The van der Waals surface area contributed by atoms with Crippen molar-refractivity contribution in [3.05, 3.63) is 71.8 Å². The molecule has 1 atom stereocenters. The van der Waals surface area contributed by atoms with Gasteiger partial charge in [-0.2, -0.15) is 0 Å². The fourth-order valence-corrected chi connectivity index (χ4v) is 3.82. The molecule has 0 saturated carbocycles.